The van der Waals surface area contributed by atoms with Crippen LogP contribution in [0.1, 0.15) is 57.2 Å². The van der Waals surface area contributed by atoms with E-state index in [1.807, 2.05) is 29.9 Å². The second-order valence-corrected chi connectivity index (χ2v) is 14.1. The summed E-state index contributed by atoms with van der Waals surface area (Å²) in [5, 5.41) is 37.2. The number of rotatable bonds is 5. The molecule has 5 unspecified atom stereocenters. The number of Topliss-reactive ketones (excluding diaryl/α,β-unsaturated/α-hetero) is 1. The van der Waals surface area contributed by atoms with Gasteiger partial charge in [0.2, 0.25) is 0 Å². The van der Waals surface area contributed by atoms with Gasteiger partial charge in [0.15, 0.2) is 5.78 Å². The number of hydrogen-bond acceptors (Lipinski definition) is 7. The third-order valence-electron chi connectivity index (χ3n) is 11.9. The van der Waals surface area contributed by atoms with Gasteiger partial charge in [-0.15, -0.1) is 5.10 Å². The summed E-state index contributed by atoms with van der Waals surface area (Å²) in [4.78, 5) is 18.0. The lowest BCUT2D eigenvalue weighted by Gasteiger charge is -2.60. The third kappa shape index (κ3) is 4.14. The van der Waals surface area contributed by atoms with Gasteiger partial charge in [-0.1, -0.05) is 24.6 Å². The maximum atomic E-state index is 13.9. The Hall–Kier alpha value is -4.02. The van der Waals surface area contributed by atoms with E-state index >= 15 is 0 Å². The summed E-state index contributed by atoms with van der Waals surface area (Å²) < 4.78 is 17.0. The summed E-state index contributed by atoms with van der Waals surface area (Å²) in [6.07, 6.45) is 12.6. The van der Waals surface area contributed by atoms with Crippen molar-refractivity contribution in [2.24, 2.45) is 28.6 Å². The van der Waals surface area contributed by atoms with Gasteiger partial charge < -0.3 is 10.2 Å². The van der Waals surface area contributed by atoms with Gasteiger partial charge in [-0.2, -0.15) is 5.10 Å². The van der Waals surface area contributed by atoms with Crippen molar-refractivity contribution < 1.29 is 19.4 Å². The van der Waals surface area contributed by atoms with E-state index in [4.69, 9.17) is 0 Å². The van der Waals surface area contributed by atoms with E-state index in [0.717, 1.165) is 48.2 Å². The molecule has 0 amide bonds. The van der Waals surface area contributed by atoms with Crippen LogP contribution in [0.3, 0.4) is 0 Å². The lowest BCUT2D eigenvalue weighted by Crippen LogP contribution is -2.62. The first kappa shape index (κ1) is 28.5. The van der Waals surface area contributed by atoms with E-state index in [2.05, 4.69) is 33.4 Å². The summed E-state index contributed by atoms with van der Waals surface area (Å²) in [5.41, 5.74) is 3.11. The molecule has 4 aromatic rings. The van der Waals surface area contributed by atoms with Gasteiger partial charge >= 0.3 is 0 Å². The minimum absolute atomic E-state index is 0.00713. The molecule has 4 aliphatic carbocycles. The first-order chi connectivity index (χ1) is 21.6. The molecule has 9 nitrogen and oxygen atoms in total. The van der Waals surface area contributed by atoms with E-state index in [-0.39, 0.29) is 41.3 Å². The van der Waals surface area contributed by atoms with Crippen molar-refractivity contribution in [3.63, 3.8) is 0 Å². The number of benzene rings is 1. The topological polar surface area (TPSA) is 119 Å². The smallest absolute Gasteiger partial charge is 0.186 e. The van der Waals surface area contributed by atoms with Crippen LogP contribution in [-0.2, 0) is 17.8 Å². The van der Waals surface area contributed by atoms with Gasteiger partial charge in [-0.3, -0.25) is 9.78 Å². The number of hydrogen-bond donors (Lipinski definition) is 2. The van der Waals surface area contributed by atoms with Crippen LogP contribution in [0.4, 0.5) is 4.39 Å². The SMILES string of the molecule is CC12Cc3cnn(-c4ccc(F)cc4)c3C=C1CCC1C2[C@@H](O)CC2(C)C1CC[C@]2(O)C(=O)Cn1cc(-c2cccnc2)nn1. The molecular formula is C35H37FN6O3. The molecule has 0 bridgehead atoms. The Labute approximate surface area is 260 Å². The van der Waals surface area contributed by atoms with E-state index in [9.17, 15) is 19.4 Å². The quantitative estimate of drug-likeness (QED) is 0.334. The minimum atomic E-state index is -1.56. The summed E-state index contributed by atoms with van der Waals surface area (Å²) in [5.74, 6) is -0.258. The Morgan fingerprint density at radius 1 is 1.13 bits per heavy atom. The van der Waals surface area contributed by atoms with Gasteiger partial charge in [-0.25, -0.2) is 13.8 Å². The molecule has 3 heterocycles. The van der Waals surface area contributed by atoms with Crippen LogP contribution >= 0.6 is 0 Å². The molecule has 3 fully saturated rings. The number of carbonyl (C=O) groups is 1. The van der Waals surface area contributed by atoms with E-state index < -0.39 is 17.1 Å². The lowest BCUT2D eigenvalue weighted by atomic mass is 9.45. The van der Waals surface area contributed by atoms with Crippen LogP contribution < -0.4 is 0 Å². The first-order valence-electron chi connectivity index (χ1n) is 15.9. The summed E-state index contributed by atoms with van der Waals surface area (Å²) >= 11 is 0. The number of nitrogens with zero attached hydrogens (tertiary/aromatic N) is 6. The second kappa shape index (κ2) is 9.99. The van der Waals surface area contributed by atoms with E-state index in [0.29, 0.717) is 18.5 Å². The van der Waals surface area contributed by atoms with Gasteiger partial charge in [0.25, 0.3) is 0 Å². The number of halogens is 1. The number of aliphatic hydroxyl groups is 2. The number of aliphatic hydroxyl groups excluding tert-OH is 1. The van der Waals surface area contributed by atoms with Crippen LogP contribution in [0.15, 0.2) is 66.8 Å². The summed E-state index contributed by atoms with van der Waals surface area (Å²) in [6.45, 7) is 4.21. The molecule has 3 saturated carbocycles. The van der Waals surface area contributed by atoms with Crippen LogP contribution in [0.2, 0.25) is 0 Å². The molecule has 2 N–H and O–H groups in total. The standard InChI is InChI=1S/C35H37FN6O3/c1-33-15-22-18-38-42(25-8-6-24(36)7-9-25)29(22)14-23(33)5-10-26-27-11-12-35(45,34(27,2)16-30(43)32(26)33)31(44)20-41-19-28(39-40-41)21-4-3-13-37-17-21/h3-4,6-9,13-14,17-19,26-27,30,32,43,45H,5,10-12,15-16,20H2,1-2H3/t26?,27?,30-,32?,33?,34?,35-/m0/s1. The van der Waals surface area contributed by atoms with Gasteiger partial charge in [-0.05, 0) is 110 Å². The monoisotopic (exact) mass is 608 g/mol. The molecule has 3 aromatic heterocycles. The molecule has 7 atom stereocenters. The summed E-state index contributed by atoms with van der Waals surface area (Å²) in [7, 11) is 0. The Morgan fingerprint density at radius 2 is 1.96 bits per heavy atom. The predicted octanol–water partition coefficient (Wildman–Crippen LogP) is 4.82. The number of ketones is 1. The highest BCUT2D eigenvalue weighted by molar-refractivity contribution is 5.88. The van der Waals surface area contributed by atoms with Gasteiger partial charge in [0, 0.05) is 23.4 Å². The maximum absolute atomic E-state index is 13.9. The minimum Gasteiger partial charge on any atom is -0.393 e. The van der Waals surface area contributed by atoms with Crippen LogP contribution in [0, 0.1) is 34.4 Å². The fourth-order valence-corrected chi connectivity index (χ4v) is 9.74. The Morgan fingerprint density at radius 3 is 2.73 bits per heavy atom. The Balaban J connectivity index is 1.06. The molecule has 8 rings (SSSR count). The number of aromatic nitrogens is 6. The fourth-order valence-electron chi connectivity index (χ4n) is 9.74. The molecule has 232 valence electrons. The molecule has 45 heavy (non-hydrogen) atoms. The Bertz CT molecular complexity index is 1820. The highest BCUT2D eigenvalue weighted by Gasteiger charge is 2.68. The maximum Gasteiger partial charge on any atom is 0.186 e. The van der Waals surface area contributed by atoms with Crippen molar-refractivity contribution in [3.8, 4) is 16.9 Å². The molecule has 0 aliphatic heterocycles. The largest absolute Gasteiger partial charge is 0.393 e. The van der Waals surface area contributed by atoms with Crippen LogP contribution in [0.5, 0.6) is 0 Å². The van der Waals surface area contributed by atoms with Crippen molar-refractivity contribution in [2.75, 3.05) is 0 Å². The molecule has 1 aromatic carbocycles. The number of fused-ring (bicyclic) bond motifs is 6. The van der Waals surface area contributed by atoms with E-state index in [1.165, 1.54) is 22.4 Å². The zero-order valence-electron chi connectivity index (χ0n) is 25.5. The van der Waals surface area contributed by atoms with Gasteiger partial charge in [0.1, 0.15) is 23.7 Å². The summed E-state index contributed by atoms with van der Waals surface area (Å²) in [6, 6.07) is 10.1. The highest BCUT2D eigenvalue weighted by Crippen LogP contribution is 2.67. The van der Waals surface area contributed by atoms with Crippen LogP contribution in [0.25, 0.3) is 23.0 Å². The average molecular weight is 609 g/mol. The van der Waals surface area contributed by atoms with Gasteiger partial charge in [0.05, 0.1) is 29.9 Å². The predicted molar refractivity (Wildman–Crippen MR) is 164 cm³/mol. The second-order valence-electron chi connectivity index (χ2n) is 14.1. The van der Waals surface area contributed by atoms with Crippen molar-refractivity contribution in [1.82, 2.24) is 29.8 Å². The number of allylic oxidation sites excluding steroid dienone is 1. The Kier molecular flexibility index (Phi) is 6.32. The van der Waals surface area contributed by atoms with Crippen molar-refractivity contribution in [3.05, 3.63) is 83.8 Å². The van der Waals surface area contributed by atoms with Crippen LogP contribution in [-0.4, -0.2) is 57.5 Å². The zero-order chi connectivity index (χ0) is 31.1. The average Bonchev–Trinajstić information content (AvgIpc) is 3.73. The molecule has 0 radical (unpaired) electrons. The molecule has 10 heteroatoms. The zero-order valence-corrected chi connectivity index (χ0v) is 25.5. The van der Waals surface area contributed by atoms with E-state index in [1.54, 1.807) is 30.7 Å². The van der Waals surface area contributed by atoms with Crippen molar-refractivity contribution in [2.45, 2.75) is 70.6 Å². The third-order valence-corrected chi connectivity index (χ3v) is 11.9. The highest BCUT2D eigenvalue weighted by atomic mass is 19.1. The van der Waals surface area contributed by atoms with Crippen molar-refractivity contribution >= 4 is 11.9 Å². The number of carbonyl (C=O) groups excluding carboxylic acids is 1. The fraction of sp³-hybridized carbons (Fsp3) is 0.457. The molecule has 0 saturated heterocycles. The molecule has 4 aliphatic rings. The first-order valence-corrected chi connectivity index (χ1v) is 15.9. The normalized spacial score (nSPS) is 33.5. The lowest BCUT2D eigenvalue weighted by molar-refractivity contribution is -0.180. The van der Waals surface area contributed by atoms with Crippen molar-refractivity contribution in [1.29, 1.82) is 0 Å². The molecular weight excluding hydrogens is 571 g/mol. The number of pyridine rings is 1. The molecule has 0 spiro atoms.